The molecule has 0 amide bonds. The minimum atomic E-state index is 0.230. The molecule has 0 radical (unpaired) electrons. The summed E-state index contributed by atoms with van der Waals surface area (Å²) < 4.78 is 0. The number of fused-ring (bicyclic) bond motifs is 1. The van der Waals surface area contributed by atoms with Gasteiger partial charge in [0.25, 0.3) is 0 Å². The Bertz CT molecular complexity index is 324. The van der Waals surface area contributed by atoms with Gasteiger partial charge in [-0.25, -0.2) is 0 Å². The third-order valence-electron chi connectivity index (χ3n) is 4.01. The highest BCUT2D eigenvalue weighted by molar-refractivity contribution is 5.86. The normalized spacial score (nSPS) is 46.5. The second kappa shape index (κ2) is 2.34. The molecule has 1 fully saturated rings. The lowest BCUT2D eigenvalue weighted by molar-refractivity contribution is -0.127. The van der Waals surface area contributed by atoms with Gasteiger partial charge < -0.3 is 0 Å². The fourth-order valence-electron chi connectivity index (χ4n) is 3.34. The number of hydrogen-bond acceptors (Lipinski definition) is 1. The van der Waals surface area contributed by atoms with Gasteiger partial charge in [-0.1, -0.05) is 23.8 Å². The maximum atomic E-state index is 11.7. The van der Waals surface area contributed by atoms with Gasteiger partial charge in [-0.3, -0.25) is 4.79 Å². The van der Waals surface area contributed by atoms with E-state index >= 15 is 0 Å². The van der Waals surface area contributed by atoms with Crippen molar-refractivity contribution in [1.29, 1.82) is 0 Å². The SMILES string of the molecule is CC1=C[C@@H]2C(=O)C[C@H]1[C@@H]1CC=C[C@@H]12. The molecule has 13 heavy (non-hydrogen) atoms. The fraction of sp³-hybridized carbons (Fsp3) is 0.583. The van der Waals surface area contributed by atoms with Gasteiger partial charge in [-0.05, 0) is 31.1 Å². The Hall–Kier alpha value is -0.850. The summed E-state index contributed by atoms with van der Waals surface area (Å²) in [5, 5.41) is 0. The predicted octanol–water partition coefficient (Wildman–Crippen LogP) is 2.34. The van der Waals surface area contributed by atoms with Gasteiger partial charge in [0.05, 0.1) is 0 Å². The Kier molecular flexibility index (Phi) is 1.36. The zero-order valence-electron chi connectivity index (χ0n) is 7.86. The summed E-state index contributed by atoms with van der Waals surface area (Å²) in [6, 6.07) is 0. The van der Waals surface area contributed by atoms with Gasteiger partial charge in [0, 0.05) is 12.3 Å². The maximum absolute atomic E-state index is 11.7. The van der Waals surface area contributed by atoms with E-state index in [2.05, 4.69) is 25.2 Å². The Morgan fingerprint density at radius 3 is 3.15 bits per heavy atom. The van der Waals surface area contributed by atoms with Crippen molar-refractivity contribution in [1.82, 2.24) is 0 Å². The van der Waals surface area contributed by atoms with E-state index in [1.54, 1.807) is 0 Å². The minimum absolute atomic E-state index is 0.230. The first-order valence-corrected chi connectivity index (χ1v) is 5.15. The number of hydrogen-bond donors (Lipinski definition) is 0. The monoisotopic (exact) mass is 174 g/mol. The minimum Gasteiger partial charge on any atom is -0.299 e. The van der Waals surface area contributed by atoms with E-state index in [-0.39, 0.29) is 5.92 Å². The van der Waals surface area contributed by atoms with Crippen molar-refractivity contribution in [2.75, 3.05) is 0 Å². The van der Waals surface area contributed by atoms with Crippen molar-refractivity contribution in [2.45, 2.75) is 19.8 Å². The molecule has 0 aromatic heterocycles. The number of carbonyl (C=O) groups excluding carboxylic acids is 1. The molecule has 1 nitrogen and oxygen atoms in total. The van der Waals surface area contributed by atoms with Crippen LogP contribution in [0.25, 0.3) is 0 Å². The second-order valence-corrected chi connectivity index (χ2v) is 4.62. The summed E-state index contributed by atoms with van der Waals surface area (Å²) in [6.45, 7) is 2.19. The van der Waals surface area contributed by atoms with Crippen molar-refractivity contribution in [2.24, 2.45) is 23.7 Å². The molecular formula is C12H14O. The molecule has 0 spiro atoms. The summed E-state index contributed by atoms with van der Waals surface area (Å²) >= 11 is 0. The van der Waals surface area contributed by atoms with Gasteiger partial charge in [-0.15, -0.1) is 0 Å². The third kappa shape index (κ3) is 0.849. The molecule has 0 saturated heterocycles. The lowest BCUT2D eigenvalue weighted by Crippen LogP contribution is -2.41. The van der Waals surface area contributed by atoms with Crippen LogP contribution in [0, 0.1) is 23.7 Å². The van der Waals surface area contributed by atoms with Gasteiger partial charge in [-0.2, -0.15) is 0 Å². The molecule has 4 rings (SSSR count). The Morgan fingerprint density at radius 1 is 1.46 bits per heavy atom. The number of Topliss-reactive ketones (excluding diaryl/α,β-unsaturated/α-hetero) is 1. The Morgan fingerprint density at radius 2 is 2.31 bits per heavy atom. The molecule has 1 saturated carbocycles. The third-order valence-corrected chi connectivity index (χ3v) is 4.01. The molecule has 2 bridgehead atoms. The molecule has 0 aromatic rings. The predicted molar refractivity (Wildman–Crippen MR) is 51.1 cm³/mol. The summed E-state index contributed by atoms with van der Waals surface area (Å²) in [6.07, 6.45) is 8.76. The highest BCUT2D eigenvalue weighted by Crippen LogP contribution is 2.50. The smallest absolute Gasteiger partial charge is 0.140 e. The van der Waals surface area contributed by atoms with Gasteiger partial charge in [0.1, 0.15) is 5.78 Å². The van der Waals surface area contributed by atoms with Crippen LogP contribution in [-0.4, -0.2) is 5.78 Å². The summed E-state index contributed by atoms with van der Waals surface area (Å²) in [5.41, 5.74) is 1.47. The Labute approximate surface area is 78.5 Å². The molecule has 4 aliphatic rings. The van der Waals surface area contributed by atoms with Crippen LogP contribution in [0.15, 0.2) is 23.8 Å². The van der Waals surface area contributed by atoms with E-state index in [0.717, 1.165) is 12.3 Å². The molecule has 0 aliphatic heterocycles. The molecule has 0 heterocycles. The van der Waals surface area contributed by atoms with E-state index in [9.17, 15) is 4.79 Å². The van der Waals surface area contributed by atoms with Crippen LogP contribution in [0.3, 0.4) is 0 Å². The average molecular weight is 174 g/mol. The molecule has 0 aromatic carbocycles. The summed E-state index contributed by atoms with van der Waals surface area (Å²) in [4.78, 5) is 11.7. The molecule has 4 atom stereocenters. The average Bonchev–Trinajstić information content (AvgIpc) is 2.56. The lowest BCUT2D eigenvalue weighted by Gasteiger charge is -2.43. The van der Waals surface area contributed by atoms with Crippen LogP contribution in [0.4, 0.5) is 0 Å². The van der Waals surface area contributed by atoms with Crippen molar-refractivity contribution < 1.29 is 4.79 Å². The van der Waals surface area contributed by atoms with Gasteiger partial charge in [0.15, 0.2) is 0 Å². The second-order valence-electron chi connectivity index (χ2n) is 4.62. The Balaban J connectivity index is 2.08. The molecule has 0 unspecified atom stereocenters. The molecular weight excluding hydrogens is 160 g/mol. The molecule has 68 valence electrons. The standard InChI is InChI=1S/C12H14O/c1-7-5-11-9-4-2-3-8(9)10(7)6-12(11)13/h2,4-5,8-11H,3,6H2,1H3/t8-,9+,10-,11+/m1/s1. The van der Waals surface area contributed by atoms with E-state index in [4.69, 9.17) is 0 Å². The molecule has 4 aliphatic carbocycles. The van der Waals surface area contributed by atoms with Crippen LogP contribution in [0.1, 0.15) is 19.8 Å². The highest BCUT2D eigenvalue weighted by Gasteiger charge is 2.47. The fourth-order valence-corrected chi connectivity index (χ4v) is 3.34. The molecule has 0 N–H and O–H groups in total. The van der Waals surface area contributed by atoms with E-state index in [0.29, 0.717) is 17.6 Å². The first-order chi connectivity index (χ1) is 6.27. The zero-order chi connectivity index (χ0) is 9.00. The van der Waals surface area contributed by atoms with Gasteiger partial charge in [0.2, 0.25) is 0 Å². The first kappa shape index (κ1) is 7.54. The van der Waals surface area contributed by atoms with E-state index in [1.807, 2.05) is 0 Å². The van der Waals surface area contributed by atoms with E-state index in [1.165, 1.54) is 12.0 Å². The zero-order valence-corrected chi connectivity index (χ0v) is 7.86. The number of allylic oxidation sites excluding steroid dienone is 4. The summed E-state index contributed by atoms with van der Waals surface area (Å²) in [7, 11) is 0. The van der Waals surface area contributed by atoms with Crippen LogP contribution in [0.2, 0.25) is 0 Å². The molecule has 1 heteroatoms. The lowest BCUT2D eigenvalue weighted by atomic mass is 9.60. The first-order valence-electron chi connectivity index (χ1n) is 5.15. The topological polar surface area (TPSA) is 17.1 Å². The number of rotatable bonds is 0. The van der Waals surface area contributed by atoms with Crippen LogP contribution in [-0.2, 0) is 4.79 Å². The number of carbonyl (C=O) groups is 1. The maximum Gasteiger partial charge on any atom is 0.140 e. The number of ketones is 1. The van der Waals surface area contributed by atoms with E-state index < -0.39 is 0 Å². The van der Waals surface area contributed by atoms with Crippen molar-refractivity contribution in [3.8, 4) is 0 Å². The summed E-state index contributed by atoms with van der Waals surface area (Å²) in [5.74, 6) is 2.58. The van der Waals surface area contributed by atoms with Crippen molar-refractivity contribution in [3.63, 3.8) is 0 Å². The van der Waals surface area contributed by atoms with Gasteiger partial charge >= 0.3 is 0 Å². The van der Waals surface area contributed by atoms with Crippen molar-refractivity contribution >= 4 is 5.78 Å². The van der Waals surface area contributed by atoms with Crippen LogP contribution >= 0.6 is 0 Å². The largest absolute Gasteiger partial charge is 0.299 e. The van der Waals surface area contributed by atoms with Crippen molar-refractivity contribution in [3.05, 3.63) is 23.8 Å². The van der Waals surface area contributed by atoms with Crippen LogP contribution in [0.5, 0.6) is 0 Å². The van der Waals surface area contributed by atoms with Crippen LogP contribution < -0.4 is 0 Å². The quantitative estimate of drug-likeness (QED) is 0.515. The highest BCUT2D eigenvalue weighted by atomic mass is 16.1.